The van der Waals surface area contributed by atoms with Crippen molar-refractivity contribution in [2.45, 2.75) is 36.6 Å². The molecule has 0 spiro atoms. The van der Waals surface area contributed by atoms with Crippen LogP contribution in [0, 0.1) is 19.7 Å². The van der Waals surface area contributed by atoms with E-state index in [0.29, 0.717) is 24.2 Å². The molecule has 3 aromatic carbocycles. The van der Waals surface area contributed by atoms with E-state index in [1.807, 2.05) is 13.0 Å². The van der Waals surface area contributed by atoms with Crippen molar-refractivity contribution >= 4 is 25.7 Å². The normalized spacial score (nSPS) is 14.7. The van der Waals surface area contributed by atoms with Gasteiger partial charge in [0.2, 0.25) is 10.0 Å². The molecule has 32 heavy (non-hydrogen) atoms. The Morgan fingerprint density at radius 3 is 2.28 bits per heavy atom. The van der Waals surface area contributed by atoms with Crippen LogP contribution in [0.25, 0.3) is 0 Å². The van der Waals surface area contributed by atoms with Crippen LogP contribution in [0.4, 0.5) is 10.1 Å². The van der Waals surface area contributed by atoms with Gasteiger partial charge in [-0.05, 0) is 79.4 Å². The van der Waals surface area contributed by atoms with Crippen LogP contribution in [0.3, 0.4) is 0 Å². The van der Waals surface area contributed by atoms with E-state index < -0.39 is 25.9 Å². The topological polar surface area (TPSA) is 83.6 Å². The molecule has 0 unspecified atom stereocenters. The first kappa shape index (κ1) is 22.4. The number of rotatable bonds is 5. The summed E-state index contributed by atoms with van der Waals surface area (Å²) in [6, 6.07) is 15.0. The Kier molecular flexibility index (Phi) is 5.83. The summed E-state index contributed by atoms with van der Waals surface area (Å²) in [7, 11) is -7.59. The van der Waals surface area contributed by atoms with Crippen LogP contribution in [0.1, 0.15) is 22.3 Å². The third-order valence-electron chi connectivity index (χ3n) is 5.51. The molecule has 9 heteroatoms. The van der Waals surface area contributed by atoms with Gasteiger partial charge in [0.1, 0.15) is 5.82 Å². The maximum absolute atomic E-state index is 13.2. The van der Waals surface area contributed by atoms with E-state index in [1.54, 1.807) is 37.3 Å². The van der Waals surface area contributed by atoms with Crippen molar-refractivity contribution in [3.05, 3.63) is 88.7 Å². The lowest BCUT2D eigenvalue weighted by molar-refractivity contribution is 0.391. The Bertz CT molecular complexity index is 1390. The highest BCUT2D eigenvalue weighted by atomic mass is 32.2. The minimum absolute atomic E-state index is 0.0223. The molecule has 1 heterocycles. The molecule has 0 bridgehead atoms. The van der Waals surface area contributed by atoms with Crippen LogP contribution < -0.4 is 4.72 Å². The first-order chi connectivity index (χ1) is 15.1. The van der Waals surface area contributed by atoms with Crippen molar-refractivity contribution in [3.63, 3.8) is 0 Å². The van der Waals surface area contributed by atoms with Crippen LogP contribution in [0.2, 0.25) is 0 Å². The van der Waals surface area contributed by atoms with E-state index in [2.05, 4.69) is 4.72 Å². The number of halogens is 1. The van der Waals surface area contributed by atoms with Gasteiger partial charge in [0.05, 0.1) is 9.79 Å². The Morgan fingerprint density at radius 2 is 1.59 bits per heavy atom. The van der Waals surface area contributed by atoms with Gasteiger partial charge < -0.3 is 0 Å². The lowest BCUT2D eigenvalue weighted by Gasteiger charge is -2.28. The molecule has 1 aliphatic heterocycles. The average Bonchev–Trinajstić information content (AvgIpc) is 2.73. The predicted octanol–water partition coefficient (Wildman–Crippen LogP) is 3.99. The molecule has 6 nitrogen and oxygen atoms in total. The summed E-state index contributed by atoms with van der Waals surface area (Å²) >= 11 is 0. The van der Waals surface area contributed by atoms with Gasteiger partial charge in [0.15, 0.2) is 0 Å². The molecule has 0 saturated heterocycles. The molecule has 3 aromatic rings. The summed E-state index contributed by atoms with van der Waals surface area (Å²) in [5.41, 5.74) is 3.67. The zero-order valence-corrected chi connectivity index (χ0v) is 19.3. The highest BCUT2D eigenvalue weighted by molar-refractivity contribution is 7.92. The first-order valence-corrected chi connectivity index (χ1v) is 13.0. The lowest BCUT2D eigenvalue weighted by atomic mass is 10.0. The molecule has 1 aliphatic rings. The van der Waals surface area contributed by atoms with Gasteiger partial charge in [-0.25, -0.2) is 21.2 Å². The fourth-order valence-electron chi connectivity index (χ4n) is 3.87. The molecule has 0 saturated carbocycles. The SMILES string of the molecule is Cc1ccc(S(=O)(=O)Nc2ccc3c(c2)CN(S(=O)(=O)c2ccc(F)cc2)CC3)c(C)c1. The lowest BCUT2D eigenvalue weighted by Crippen LogP contribution is -2.36. The van der Waals surface area contributed by atoms with E-state index in [0.717, 1.165) is 28.8 Å². The number of hydrogen-bond acceptors (Lipinski definition) is 4. The average molecular weight is 475 g/mol. The molecule has 0 fully saturated rings. The second kappa shape index (κ2) is 8.31. The molecule has 0 aromatic heterocycles. The summed E-state index contributed by atoms with van der Waals surface area (Å²) in [5, 5.41) is 0. The number of anilines is 1. The van der Waals surface area contributed by atoms with Crippen LogP contribution in [0.15, 0.2) is 70.5 Å². The van der Waals surface area contributed by atoms with Crippen molar-refractivity contribution in [1.82, 2.24) is 4.31 Å². The van der Waals surface area contributed by atoms with Gasteiger partial charge in [0, 0.05) is 18.8 Å². The van der Waals surface area contributed by atoms with E-state index in [9.17, 15) is 21.2 Å². The van der Waals surface area contributed by atoms with Crippen molar-refractivity contribution in [1.29, 1.82) is 0 Å². The van der Waals surface area contributed by atoms with Crippen molar-refractivity contribution in [2.75, 3.05) is 11.3 Å². The zero-order valence-electron chi connectivity index (χ0n) is 17.7. The van der Waals surface area contributed by atoms with E-state index in [4.69, 9.17) is 0 Å². The predicted molar refractivity (Wildman–Crippen MR) is 121 cm³/mol. The molecule has 168 valence electrons. The number of sulfonamides is 2. The number of hydrogen-bond donors (Lipinski definition) is 1. The Labute approximate surface area is 187 Å². The second-order valence-corrected chi connectivity index (χ2v) is 11.5. The largest absolute Gasteiger partial charge is 0.280 e. The van der Waals surface area contributed by atoms with Crippen molar-refractivity contribution in [2.24, 2.45) is 0 Å². The quantitative estimate of drug-likeness (QED) is 0.606. The van der Waals surface area contributed by atoms with Gasteiger partial charge in [-0.1, -0.05) is 23.8 Å². The number of nitrogens with zero attached hydrogens (tertiary/aromatic N) is 1. The van der Waals surface area contributed by atoms with E-state index in [1.165, 1.54) is 16.4 Å². The summed E-state index contributed by atoms with van der Waals surface area (Å²) < 4.78 is 68.8. The van der Waals surface area contributed by atoms with E-state index >= 15 is 0 Å². The van der Waals surface area contributed by atoms with Crippen LogP contribution in [-0.4, -0.2) is 27.7 Å². The molecule has 4 rings (SSSR count). The van der Waals surface area contributed by atoms with Crippen LogP contribution >= 0.6 is 0 Å². The smallest absolute Gasteiger partial charge is 0.262 e. The number of nitrogens with one attached hydrogen (secondary N) is 1. The van der Waals surface area contributed by atoms with Gasteiger partial charge in [-0.2, -0.15) is 4.31 Å². The Hall–Kier alpha value is -2.75. The maximum atomic E-state index is 13.2. The molecular weight excluding hydrogens is 451 g/mol. The number of benzene rings is 3. The first-order valence-electron chi connectivity index (χ1n) is 10.0. The van der Waals surface area contributed by atoms with Gasteiger partial charge >= 0.3 is 0 Å². The monoisotopic (exact) mass is 474 g/mol. The highest BCUT2D eigenvalue weighted by Gasteiger charge is 2.29. The van der Waals surface area contributed by atoms with Gasteiger partial charge in [-0.15, -0.1) is 0 Å². The molecule has 0 atom stereocenters. The third kappa shape index (κ3) is 4.41. The van der Waals surface area contributed by atoms with Crippen molar-refractivity contribution in [3.8, 4) is 0 Å². The molecular formula is C23H23FN2O4S2. The molecule has 0 aliphatic carbocycles. The van der Waals surface area contributed by atoms with Crippen molar-refractivity contribution < 1.29 is 21.2 Å². The Morgan fingerprint density at radius 1 is 0.875 bits per heavy atom. The highest BCUT2D eigenvalue weighted by Crippen LogP contribution is 2.28. The van der Waals surface area contributed by atoms with Gasteiger partial charge in [-0.3, -0.25) is 4.72 Å². The van der Waals surface area contributed by atoms with E-state index in [-0.39, 0.29) is 16.3 Å². The fraction of sp³-hybridized carbons (Fsp3) is 0.217. The minimum atomic E-state index is -3.79. The number of aryl methyl sites for hydroxylation is 2. The summed E-state index contributed by atoms with van der Waals surface area (Å²) in [6.07, 6.45) is 0.500. The molecule has 0 radical (unpaired) electrons. The second-order valence-electron chi connectivity index (χ2n) is 7.90. The Balaban J connectivity index is 1.60. The van der Waals surface area contributed by atoms with Crippen LogP contribution in [-0.2, 0) is 33.0 Å². The standard InChI is InChI=1S/C23H23FN2O4S2/c1-16-3-10-23(17(2)13-16)31(27,28)25-21-7-4-18-11-12-26(15-19(18)14-21)32(29,30)22-8-5-20(24)6-9-22/h3-10,13-14,25H,11-12,15H2,1-2H3. The summed E-state index contributed by atoms with van der Waals surface area (Å²) in [4.78, 5) is 0.218. The van der Waals surface area contributed by atoms with Gasteiger partial charge in [0.25, 0.3) is 10.0 Å². The molecule has 0 amide bonds. The number of fused-ring (bicyclic) bond motifs is 1. The summed E-state index contributed by atoms with van der Waals surface area (Å²) in [5.74, 6) is -0.506. The summed E-state index contributed by atoms with van der Waals surface area (Å²) in [6.45, 7) is 4.03. The minimum Gasteiger partial charge on any atom is -0.280 e. The maximum Gasteiger partial charge on any atom is 0.262 e. The molecule has 1 N–H and O–H groups in total. The fourth-order valence-corrected chi connectivity index (χ4v) is 6.56. The van der Waals surface area contributed by atoms with Crippen LogP contribution in [0.5, 0.6) is 0 Å². The zero-order chi connectivity index (χ0) is 23.1. The third-order valence-corrected chi connectivity index (χ3v) is 8.91.